The highest BCUT2D eigenvalue weighted by Gasteiger charge is 2.24. The molecule has 1 aromatic heterocycles. The first-order valence-corrected chi connectivity index (χ1v) is 6.94. The van der Waals surface area contributed by atoms with Gasteiger partial charge < -0.3 is 4.90 Å². The number of hydrogen-bond donors (Lipinski definition) is 0. The van der Waals surface area contributed by atoms with E-state index in [1.807, 2.05) is 62.9 Å². The van der Waals surface area contributed by atoms with Crippen LogP contribution in [0.25, 0.3) is 5.69 Å². The fraction of sp³-hybridized carbons (Fsp3) is 0.375. The molecule has 20 heavy (non-hydrogen) atoms. The van der Waals surface area contributed by atoms with Crippen LogP contribution in [0, 0.1) is 0 Å². The van der Waals surface area contributed by atoms with E-state index in [1.165, 1.54) is 0 Å². The summed E-state index contributed by atoms with van der Waals surface area (Å²) in [4.78, 5) is 14.6. The molecule has 0 saturated heterocycles. The van der Waals surface area contributed by atoms with Gasteiger partial charge in [0.15, 0.2) is 0 Å². The fourth-order valence-electron chi connectivity index (χ4n) is 2.44. The van der Waals surface area contributed by atoms with Gasteiger partial charge in [0.2, 0.25) is 0 Å². The van der Waals surface area contributed by atoms with Crippen molar-refractivity contribution >= 4 is 5.91 Å². The van der Waals surface area contributed by atoms with Crippen molar-refractivity contribution in [3.05, 3.63) is 48.3 Å². The van der Waals surface area contributed by atoms with Gasteiger partial charge in [0.25, 0.3) is 5.91 Å². The van der Waals surface area contributed by atoms with E-state index >= 15 is 0 Å². The van der Waals surface area contributed by atoms with Gasteiger partial charge in [-0.25, -0.2) is 4.68 Å². The molecule has 0 radical (unpaired) electrons. The van der Waals surface area contributed by atoms with E-state index in [9.17, 15) is 4.79 Å². The van der Waals surface area contributed by atoms with Crippen LogP contribution >= 0.6 is 0 Å². The van der Waals surface area contributed by atoms with Crippen LogP contribution in [-0.4, -0.2) is 32.7 Å². The van der Waals surface area contributed by atoms with E-state index in [1.54, 1.807) is 16.9 Å². The molecule has 4 nitrogen and oxygen atoms in total. The fourth-order valence-corrected chi connectivity index (χ4v) is 2.44. The number of carbonyl (C=O) groups is 1. The molecule has 2 aromatic rings. The van der Waals surface area contributed by atoms with Crippen LogP contribution in [0.15, 0.2) is 42.6 Å². The number of carbonyl (C=O) groups excluding carboxylic acids is 1. The van der Waals surface area contributed by atoms with E-state index in [0.717, 1.165) is 5.69 Å². The molecule has 4 heteroatoms. The molecule has 1 amide bonds. The molecule has 0 bridgehead atoms. The van der Waals surface area contributed by atoms with E-state index in [-0.39, 0.29) is 18.0 Å². The minimum atomic E-state index is 0.0105. The van der Waals surface area contributed by atoms with Crippen molar-refractivity contribution in [1.29, 1.82) is 0 Å². The third-order valence-corrected chi connectivity index (χ3v) is 3.21. The summed E-state index contributed by atoms with van der Waals surface area (Å²) in [7, 11) is 0. The van der Waals surface area contributed by atoms with Crippen LogP contribution in [0.1, 0.15) is 38.2 Å². The molecule has 0 fully saturated rings. The number of para-hydroxylation sites is 1. The smallest absolute Gasteiger partial charge is 0.273 e. The second-order valence-electron chi connectivity index (χ2n) is 5.36. The number of amides is 1. The number of nitrogens with zero attached hydrogens (tertiary/aromatic N) is 3. The van der Waals surface area contributed by atoms with Gasteiger partial charge in [0.05, 0.1) is 11.9 Å². The Hall–Kier alpha value is -2.10. The van der Waals surface area contributed by atoms with Gasteiger partial charge in [-0.1, -0.05) is 18.2 Å². The maximum absolute atomic E-state index is 12.7. The minimum absolute atomic E-state index is 0.0105. The second-order valence-corrected chi connectivity index (χ2v) is 5.36. The van der Waals surface area contributed by atoms with E-state index < -0.39 is 0 Å². The van der Waals surface area contributed by atoms with E-state index in [2.05, 4.69) is 5.10 Å². The van der Waals surface area contributed by atoms with E-state index in [4.69, 9.17) is 0 Å². The summed E-state index contributed by atoms with van der Waals surface area (Å²) in [6.45, 7) is 8.12. The Morgan fingerprint density at radius 1 is 1.05 bits per heavy atom. The molecule has 1 aromatic carbocycles. The number of hydrogen-bond acceptors (Lipinski definition) is 2. The second kappa shape index (κ2) is 5.90. The Morgan fingerprint density at radius 2 is 1.65 bits per heavy atom. The Labute approximate surface area is 120 Å². The monoisotopic (exact) mass is 271 g/mol. The first-order chi connectivity index (χ1) is 9.52. The minimum Gasteiger partial charge on any atom is -0.332 e. The van der Waals surface area contributed by atoms with Gasteiger partial charge >= 0.3 is 0 Å². The number of aromatic nitrogens is 2. The Kier molecular flexibility index (Phi) is 4.23. The lowest BCUT2D eigenvalue weighted by molar-refractivity contribution is 0.0634. The van der Waals surface area contributed by atoms with Crippen LogP contribution in [0.5, 0.6) is 0 Å². The van der Waals surface area contributed by atoms with Gasteiger partial charge in [-0.3, -0.25) is 4.79 Å². The van der Waals surface area contributed by atoms with Crippen molar-refractivity contribution in [3.8, 4) is 5.69 Å². The lowest BCUT2D eigenvalue weighted by atomic mass is 10.2. The maximum atomic E-state index is 12.7. The first-order valence-electron chi connectivity index (χ1n) is 6.94. The van der Waals surface area contributed by atoms with Crippen molar-refractivity contribution in [2.75, 3.05) is 0 Å². The zero-order valence-corrected chi connectivity index (χ0v) is 12.4. The topological polar surface area (TPSA) is 38.1 Å². The molecule has 0 atom stereocenters. The predicted octanol–water partition coefficient (Wildman–Crippen LogP) is 3.13. The van der Waals surface area contributed by atoms with Crippen molar-refractivity contribution in [3.63, 3.8) is 0 Å². The quantitative estimate of drug-likeness (QED) is 0.857. The number of rotatable bonds is 4. The van der Waals surface area contributed by atoms with Gasteiger partial charge in [0.1, 0.15) is 5.69 Å². The summed E-state index contributed by atoms with van der Waals surface area (Å²) in [6.07, 6.45) is 1.67. The molecule has 0 aliphatic heterocycles. The first kappa shape index (κ1) is 14.3. The third-order valence-electron chi connectivity index (χ3n) is 3.21. The molecule has 1 heterocycles. The molecule has 106 valence electrons. The molecule has 0 aliphatic carbocycles. The molecular weight excluding hydrogens is 250 g/mol. The van der Waals surface area contributed by atoms with Gasteiger partial charge in [-0.2, -0.15) is 5.10 Å². The Bertz CT molecular complexity index is 564. The average Bonchev–Trinajstić information content (AvgIpc) is 2.88. The SMILES string of the molecule is CC(C)N(C(=O)c1ccnn1-c1ccccc1)C(C)C. The number of benzene rings is 1. The van der Waals surface area contributed by atoms with Crippen molar-refractivity contribution < 1.29 is 4.79 Å². The highest BCUT2D eigenvalue weighted by molar-refractivity contribution is 5.93. The van der Waals surface area contributed by atoms with Crippen LogP contribution in [0.3, 0.4) is 0 Å². The third kappa shape index (κ3) is 2.74. The highest BCUT2D eigenvalue weighted by Crippen LogP contribution is 2.15. The van der Waals surface area contributed by atoms with Crippen LogP contribution in [-0.2, 0) is 0 Å². The molecule has 0 unspecified atom stereocenters. The summed E-state index contributed by atoms with van der Waals surface area (Å²) >= 11 is 0. The highest BCUT2D eigenvalue weighted by atomic mass is 16.2. The predicted molar refractivity (Wildman–Crippen MR) is 80.0 cm³/mol. The average molecular weight is 271 g/mol. The van der Waals surface area contributed by atoms with E-state index in [0.29, 0.717) is 5.69 Å². The summed E-state index contributed by atoms with van der Waals surface area (Å²) < 4.78 is 1.69. The lowest BCUT2D eigenvalue weighted by Crippen LogP contribution is -2.42. The standard InChI is InChI=1S/C16H21N3O/c1-12(2)18(13(3)4)16(20)15-10-11-17-19(15)14-8-6-5-7-9-14/h5-13H,1-4H3. The summed E-state index contributed by atoms with van der Waals surface area (Å²) in [5.74, 6) is 0.0105. The Balaban J connectivity index is 2.40. The normalized spacial score (nSPS) is 11.1. The van der Waals surface area contributed by atoms with Crippen molar-refractivity contribution in [2.45, 2.75) is 39.8 Å². The summed E-state index contributed by atoms with van der Waals surface area (Å²) in [5.41, 5.74) is 1.49. The molecule has 2 rings (SSSR count). The zero-order chi connectivity index (χ0) is 14.7. The molecule has 0 spiro atoms. The van der Waals surface area contributed by atoms with Gasteiger partial charge in [-0.15, -0.1) is 0 Å². The summed E-state index contributed by atoms with van der Waals surface area (Å²) in [5, 5.41) is 4.28. The molecule has 0 saturated carbocycles. The molecular formula is C16H21N3O. The van der Waals surface area contributed by atoms with Crippen LogP contribution < -0.4 is 0 Å². The lowest BCUT2D eigenvalue weighted by Gasteiger charge is -2.30. The van der Waals surface area contributed by atoms with Crippen LogP contribution in [0.4, 0.5) is 0 Å². The maximum Gasteiger partial charge on any atom is 0.273 e. The zero-order valence-electron chi connectivity index (χ0n) is 12.4. The molecule has 0 aliphatic rings. The van der Waals surface area contributed by atoms with Gasteiger partial charge in [0, 0.05) is 12.1 Å². The molecule has 0 N–H and O–H groups in total. The summed E-state index contributed by atoms with van der Waals surface area (Å²) in [6, 6.07) is 11.8. The van der Waals surface area contributed by atoms with Gasteiger partial charge in [-0.05, 0) is 45.9 Å². The van der Waals surface area contributed by atoms with Crippen molar-refractivity contribution in [2.24, 2.45) is 0 Å². The largest absolute Gasteiger partial charge is 0.332 e. The Morgan fingerprint density at radius 3 is 2.20 bits per heavy atom. The van der Waals surface area contributed by atoms with Crippen LogP contribution in [0.2, 0.25) is 0 Å². The van der Waals surface area contributed by atoms with Crippen molar-refractivity contribution in [1.82, 2.24) is 14.7 Å².